The number of halogens is 1. The van der Waals surface area contributed by atoms with Crippen LogP contribution in [0, 0.1) is 10.1 Å². The van der Waals surface area contributed by atoms with Crippen LogP contribution in [-0.4, -0.2) is 37.1 Å². The highest BCUT2D eigenvalue weighted by Crippen LogP contribution is 2.25. The fourth-order valence-corrected chi connectivity index (χ4v) is 1.39. The van der Waals surface area contributed by atoms with Gasteiger partial charge in [0.1, 0.15) is 0 Å². The van der Waals surface area contributed by atoms with Gasteiger partial charge >= 0.3 is 5.69 Å². The Bertz CT molecular complexity index is 442. The van der Waals surface area contributed by atoms with Gasteiger partial charge in [-0.15, -0.1) is 12.4 Å². The average molecular weight is 304 g/mol. The van der Waals surface area contributed by atoms with Crippen LogP contribution in [0.15, 0.2) is 24.3 Å². The number of amides is 1. The van der Waals surface area contributed by atoms with Crippen LogP contribution in [-0.2, 0) is 4.79 Å². The van der Waals surface area contributed by atoms with E-state index >= 15 is 0 Å². The fourth-order valence-electron chi connectivity index (χ4n) is 1.39. The van der Waals surface area contributed by atoms with E-state index in [9.17, 15) is 14.9 Å². The number of hydrogen-bond acceptors (Lipinski definition) is 5. The van der Waals surface area contributed by atoms with Crippen LogP contribution in [0.5, 0.6) is 5.75 Å². The summed E-state index contributed by atoms with van der Waals surface area (Å²) < 4.78 is 5.14. The second-order valence-electron chi connectivity index (χ2n) is 3.72. The number of nitro groups is 1. The summed E-state index contributed by atoms with van der Waals surface area (Å²) in [4.78, 5) is 21.6. The molecule has 0 spiro atoms. The number of nitro benzene ring substituents is 1. The van der Waals surface area contributed by atoms with Gasteiger partial charge in [0, 0.05) is 19.2 Å². The van der Waals surface area contributed by atoms with Crippen molar-refractivity contribution in [2.75, 3.05) is 26.2 Å². The lowest BCUT2D eigenvalue weighted by Gasteiger charge is -2.07. The number of nitrogens with zero attached hydrogens (tertiary/aromatic N) is 1. The molecule has 0 aliphatic heterocycles. The van der Waals surface area contributed by atoms with E-state index in [0.717, 1.165) is 6.54 Å². The minimum Gasteiger partial charge on any atom is -0.477 e. The van der Waals surface area contributed by atoms with Crippen LogP contribution < -0.4 is 15.4 Å². The molecule has 0 saturated carbocycles. The van der Waals surface area contributed by atoms with Crippen LogP contribution in [0.2, 0.25) is 0 Å². The van der Waals surface area contributed by atoms with E-state index in [4.69, 9.17) is 4.74 Å². The Labute approximate surface area is 123 Å². The third-order valence-electron chi connectivity index (χ3n) is 2.29. The summed E-state index contributed by atoms with van der Waals surface area (Å²) in [6, 6.07) is 5.95. The number of benzene rings is 1. The van der Waals surface area contributed by atoms with E-state index in [1.165, 1.54) is 12.1 Å². The largest absolute Gasteiger partial charge is 0.477 e. The van der Waals surface area contributed by atoms with E-state index in [2.05, 4.69) is 10.6 Å². The summed E-state index contributed by atoms with van der Waals surface area (Å²) in [5.74, 6) is -0.217. The molecule has 1 aromatic carbocycles. The monoisotopic (exact) mass is 303 g/mol. The zero-order valence-electron chi connectivity index (χ0n) is 11.1. The molecule has 1 amide bonds. The van der Waals surface area contributed by atoms with E-state index in [1.54, 1.807) is 12.1 Å². The minimum atomic E-state index is -0.543. The Kier molecular flexibility index (Phi) is 9.06. The van der Waals surface area contributed by atoms with Gasteiger partial charge in [-0.3, -0.25) is 14.9 Å². The quantitative estimate of drug-likeness (QED) is 0.426. The van der Waals surface area contributed by atoms with Crippen molar-refractivity contribution < 1.29 is 14.5 Å². The maximum atomic E-state index is 11.4. The maximum Gasteiger partial charge on any atom is 0.310 e. The van der Waals surface area contributed by atoms with Crippen LogP contribution in [0.4, 0.5) is 5.69 Å². The normalized spacial score (nSPS) is 9.45. The third-order valence-corrected chi connectivity index (χ3v) is 2.29. The number of ether oxygens (including phenoxy) is 1. The van der Waals surface area contributed by atoms with Crippen LogP contribution >= 0.6 is 12.4 Å². The predicted octanol–water partition coefficient (Wildman–Crippen LogP) is 1.12. The van der Waals surface area contributed by atoms with Gasteiger partial charge in [0.15, 0.2) is 12.4 Å². The molecule has 0 unspecified atom stereocenters. The van der Waals surface area contributed by atoms with Crippen molar-refractivity contribution in [3.8, 4) is 5.75 Å². The lowest BCUT2D eigenvalue weighted by atomic mass is 10.3. The number of hydrogen-bond donors (Lipinski definition) is 2. The highest BCUT2D eigenvalue weighted by Gasteiger charge is 2.14. The van der Waals surface area contributed by atoms with Crippen LogP contribution in [0.1, 0.15) is 6.92 Å². The minimum absolute atomic E-state index is 0. The molecule has 0 aliphatic rings. The molecule has 0 atom stereocenters. The molecule has 8 heteroatoms. The van der Waals surface area contributed by atoms with Gasteiger partial charge in [0.25, 0.3) is 5.91 Å². The zero-order valence-corrected chi connectivity index (χ0v) is 11.9. The van der Waals surface area contributed by atoms with Crippen molar-refractivity contribution in [2.45, 2.75) is 6.92 Å². The molecule has 0 heterocycles. The van der Waals surface area contributed by atoms with E-state index < -0.39 is 4.92 Å². The Morgan fingerprint density at radius 2 is 2.05 bits per heavy atom. The van der Waals surface area contributed by atoms with Gasteiger partial charge in [-0.05, 0) is 12.6 Å². The first-order chi connectivity index (χ1) is 9.15. The van der Waals surface area contributed by atoms with Crippen molar-refractivity contribution in [3.05, 3.63) is 34.4 Å². The second kappa shape index (κ2) is 9.99. The molecular weight excluding hydrogens is 286 g/mol. The molecule has 1 rings (SSSR count). The van der Waals surface area contributed by atoms with Crippen molar-refractivity contribution in [1.29, 1.82) is 0 Å². The predicted molar refractivity (Wildman–Crippen MR) is 77.4 cm³/mol. The molecular formula is C12H18ClN3O4. The number of likely N-dealkylation sites (N-methyl/N-ethyl adjacent to an activating group) is 1. The first-order valence-electron chi connectivity index (χ1n) is 5.98. The molecule has 7 nitrogen and oxygen atoms in total. The van der Waals surface area contributed by atoms with E-state index in [0.29, 0.717) is 13.1 Å². The second-order valence-corrected chi connectivity index (χ2v) is 3.72. The Hall–Kier alpha value is -1.86. The standard InChI is InChI=1S/C12H17N3O4.ClH/c1-2-13-7-8-14-12(16)9-19-11-6-4-3-5-10(11)15(17)18;/h3-6,13H,2,7-9H2,1H3,(H,14,16);1H. The maximum absolute atomic E-state index is 11.4. The van der Waals surface area contributed by atoms with Crippen LogP contribution in [0.25, 0.3) is 0 Å². The fraction of sp³-hybridized carbons (Fsp3) is 0.417. The number of carbonyl (C=O) groups excluding carboxylic acids is 1. The summed E-state index contributed by atoms with van der Waals surface area (Å²) in [5.41, 5.74) is -0.150. The SMILES string of the molecule is CCNCCNC(=O)COc1ccccc1[N+](=O)[O-].Cl. The van der Waals surface area contributed by atoms with E-state index in [-0.39, 0.29) is 36.4 Å². The summed E-state index contributed by atoms with van der Waals surface area (Å²) in [6.07, 6.45) is 0. The lowest BCUT2D eigenvalue weighted by molar-refractivity contribution is -0.385. The number of rotatable bonds is 8. The highest BCUT2D eigenvalue weighted by molar-refractivity contribution is 5.85. The lowest BCUT2D eigenvalue weighted by Crippen LogP contribution is -2.34. The molecule has 20 heavy (non-hydrogen) atoms. The third kappa shape index (κ3) is 6.35. The summed E-state index contributed by atoms with van der Waals surface area (Å²) in [5, 5.41) is 16.4. The first-order valence-corrected chi connectivity index (χ1v) is 5.98. The molecule has 2 N–H and O–H groups in total. The average Bonchev–Trinajstić information content (AvgIpc) is 2.41. The highest BCUT2D eigenvalue weighted by atomic mass is 35.5. The summed E-state index contributed by atoms with van der Waals surface area (Å²) in [7, 11) is 0. The molecule has 0 aliphatic carbocycles. The van der Waals surface area contributed by atoms with Crippen molar-refractivity contribution in [3.63, 3.8) is 0 Å². The van der Waals surface area contributed by atoms with Gasteiger partial charge in [0.05, 0.1) is 4.92 Å². The van der Waals surface area contributed by atoms with Crippen LogP contribution in [0.3, 0.4) is 0 Å². The molecule has 0 bridgehead atoms. The number of para-hydroxylation sites is 2. The van der Waals surface area contributed by atoms with Gasteiger partial charge in [-0.2, -0.15) is 0 Å². The van der Waals surface area contributed by atoms with Gasteiger partial charge in [-0.25, -0.2) is 0 Å². The molecule has 1 aromatic rings. The summed E-state index contributed by atoms with van der Waals surface area (Å²) in [6.45, 7) is 3.74. The molecule has 112 valence electrons. The Morgan fingerprint density at radius 3 is 2.70 bits per heavy atom. The topological polar surface area (TPSA) is 93.5 Å². The Morgan fingerprint density at radius 1 is 1.35 bits per heavy atom. The van der Waals surface area contributed by atoms with Gasteiger partial charge in [-0.1, -0.05) is 19.1 Å². The number of nitrogens with one attached hydrogen (secondary N) is 2. The zero-order chi connectivity index (χ0) is 14.1. The molecule has 0 saturated heterocycles. The van der Waals surface area contributed by atoms with Gasteiger partial charge < -0.3 is 15.4 Å². The van der Waals surface area contributed by atoms with Crippen molar-refractivity contribution >= 4 is 24.0 Å². The number of carbonyl (C=O) groups is 1. The van der Waals surface area contributed by atoms with Gasteiger partial charge in [0.2, 0.25) is 0 Å². The summed E-state index contributed by atoms with van der Waals surface area (Å²) >= 11 is 0. The first kappa shape index (κ1) is 18.1. The molecule has 0 fully saturated rings. The Balaban J connectivity index is 0.00000361. The van der Waals surface area contributed by atoms with Crippen molar-refractivity contribution in [1.82, 2.24) is 10.6 Å². The molecule has 0 aromatic heterocycles. The van der Waals surface area contributed by atoms with E-state index in [1.807, 2.05) is 6.92 Å². The van der Waals surface area contributed by atoms with Crippen molar-refractivity contribution in [2.24, 2.45) is 0 Å². The smallest absolute Gasteiger partial charge is 0.310 e. The molecule has 0 radical (unpaired) electrons.